The molecule has 5 heteroatoms. The minimum atomic E-state index is -0.339. The molecule has 5 nitrogen and oxygen atoms in total. The molecule has 2 rings (SSSR count). The zero-order valence-electron chi connectivity index (χ0n) is 13.2. The van der Waals surface area contributed by atoms with Crippen LogP contribution < -0.4 is 5.73 Å². The molecule has 0 aliphatic heterocycles. The molecule has 0 saturated heterocycles. The summed E-state index contributed by atoms with van der Waals surface area (Å²) in [5.74, 6) is 1.11. The molecule has 21 heavy (non-hydrogen) atoms. The van der Waals surface area contributed by atoms with Crippen LogP contribution in [0.4, 0.5) is 0 Å². The number of carbonyl (C=O) groups excluding carboxylic acids is 1. The third-order valence-corrected chi connectivity index (χ3v) is 4.40. The van der Waals surface area contributed by atoms with Crippen molar-refractivity contribution in [2.24, 2.45) is 5.73 Å². The predicted molar refractivity (Wildman–Crippen MR) is 81.1 cm³/mol. The fraction of sp³-hybridized carbons (Fsp3) is 0.688. The summed E-state index contributed by atoms with van der Waals surface area (Å²) >= 11 is 0. The number of nitrogens with zero attached hydrogens (tertiary/aromatic N) is 1. The van der Waals surface area contributed by atoms with Crippen LogP contribution in [-0.4, -0.2) is 36.6 Å². The van der Waals surface area contributed by atoms with Gasteiger partial charge in [0.25, 0.3) is 0 Å². The molecule has 118 valence electrons. The van der Waals surface area contributed by atoms with Crippen LogP contribution in [-0.2, 0) is 11.3 Å². The molecule has 2 N–H and O–H groups in total. The second-order valence-electron chi connectivity index (χ2n) is 5.81. The van der Waals surface area contributed by atoms with Crippen LogP contribution in [0.15, 0.2) is 10.5 Å². The highest BCUT2D eigenvalue weighted by molar-refractivity contribution is 5.90. The van der Waals surface area contributed by atoms with E-state index in [4.69, 9.17) is 14.9 Å². The van der Waals surface area contributed by atoms with Crippen molar-refractivity contribution in [1.82, 2.24) is 4.90 Å². The first-order chi connectivity index (χ1) is 10.0. The monoisotopic (exact) mass is 294 g/mol. The minimum absolute atomic E-state index is 0.339. The van der Waals surface area contributed by atoms with Crippen LogP contribution in [0.3, 0.4) is 0 Å². The molecule has 1 saturated carbocycles. The first-order valence-electron chi connectivity index (χ1n) is 7.72. The van der Waals surface area contributed by atoms with Gasteiger partial charge in [-0.25, -0.2) is 4.79 Å². The topological polar surface area (TPSA) is 68.7 Å². The van der Waals surface area contributed by atoms with Gasteiger partial charge in [-0.15, -0.1) is 0 Å². The average molecular weight is 294 g/mol. The van der Waals surface area contributed by atoms with Crippen molar-refractivity contribution in [3.8, 4) is 0 Å². The number of hydrogen-bond acceptors (Lipinski definition) is 5. The van der Waals surface area contributed by atoms with Gasteiger partial charge in [0, 0.05) is 12.1 Å². The summed E-state index contributed by atoms with van der Waals surface area (Å²) in [5.41, 5.74) is 6.50. The highest BCUT2D eigenvalue weighted by Crippen LogP contribution is 2.25. The Morgan fingerprint density at radius 1 is 1.43 bits per heavy atom. The zero-order chi connectivity index (χ0) is 15.4. The molecular weight excluding hydrogens is 268 g/mol. The first-order valence-corrected chi connectivity index (χ1v) is 7.72. The first kappa shape index (κ1) is 16.0. The van der Waals surface area contributed by atoms with Crippen molar-refractivity contribution in [3.63, 3.8) is 0 Å². The lowest BCUT2D eigenvalue weighted by atomic mass is 9.90. The number of esters is 1. The van der Waals surface area contributed by atoms with E-state index in [-0.39, 0.29) is 5.97 Å². The van der Waals surface area contributed by atoms with Gasteiger partial charge in [0.2, 0.25) is 0 Å². The van der Waals surface area contributed by atoms with Gasteiger partial charge in [-0.1, -0.05) is 6.92 Å². The van der Waals surface area contributed by atoms with Crippen molar-refractivity contribution >= 4 is 5.97 Å². The highest BCUT2D eigenvalue weighted by atomic mass is 16.5. The average Bonchev–Trinajstić information content (AvgIpc) is 2.85. The molecule has 1 aliphatic rings. The lowest BCUT2D eigenvalue weighted by molar-refractivity contribution is 0.0599. The number of carbonyl (C=O) groups is 1. The van der Waals surface area contributed by atoms with Gasteiger partial charge in [0.05, 0.1) is 13.7 Å². The van der Waals surface area contributed by atoms with Gasteiger partial charge < -0.3 is 14.9 Å². The van der Waals surface area contributed by atoms with Crippen LogP contribution in [0.5, 0.6) is 0 Å². The van der Waals surface area contributed by atoms with Crippen molar-refractivity contribution in [2.75, 3.05) is 13.7 Å². The van der Waals surface area contributed by atoms with E-state index in [1.54, 1.807) is 13.0 Å². The standard InChI is InChI=1S/C16H26N2O3/c1-4-18(13-7-5-12(17)6-8-13)10-14-9-15(11(2)21-14)16(19)20-3/h9,12-13H,4-8,10,17H2,1-3H3. The van der Waals surface area contributed by atoms with Crippen molar-refractivity contribution in [1.29, 1.82) is 0 Å². The number of nitrogens with two attached hydrogens (primary N) is 1. The van der Waals surface area contributed by atoms with Crippen LogP contribution in [0, 0.1) is 6.92 Å². The van der Waals surface area contributed by atoms with E-state index in [0.717, 1.165) is 44.5 Å². The Hall–Kier alpha value is -1.33. The SMILES string of the molecule is CCN(Cc1cc(C(=O)OC)c(C)o1)C1CCC(N)CC1. The summed E-state index contributed by atoms with van der Waals surface area (Å²) in [6.45, 7) is 5.65. The normalized spacial score (nSPS) is 22.5. The maximum atomic E-state index is 11.6. The third kappa shape index (κ3) is 3.86. The van der Waals surface area contributed by atoms with Gasteiger partial charge in [-0.2, -0.15) is 0 Å². The van der Waals surface area contributed by atoms with E-state index in [1.807, 2.05) is 0 Å². The Balaban J connectivity index is 2.03. The molecule has 1 fully saturated rings. The van der Waals surface area contributed by atoms with Gasteiger partial charge in [-0.05, 0) is 45.2 Å². The predicted octanol–water partition coefficient (Wildman–Crippen LogP) is 2.47. The minimum Gasteiger partial charge on any atom is -0.465 e. The quantitative estimate of drug-likeness (QED) is 0.845. The second-order valence-corrected chi connectivity index (χ2v) is 5.81. The van der Waals surface area contributed by atoms with Gasteiger partial charge in [0.1, 0.15) is 17.1 Å². The van der Waals surface area contributed by atoms with Crippen molar-refractivity contribution in [3.05, 3.63) is 23.2 Å². The molecule has 1 aromatic heterocycles. The van der Waals surface area contributed by atoms with Crippen molar-refractivity contribution in [2.45, 2.75) is 58.2 Å². The lowest BCUT2D eigenvalue weighted by Crippen LogP contribution is -2.40. The fourth-order valence-corrected chi connectivity index (χ4v) is 3.10. The lowest BCUT2D eigenvalue weighted by Gasteiger charge is -2.34. The van der Waals surface area contributed by atoms with E-state index < -0.39 is 0 Å². The molecule has 0 spiro atoms. The zero-order valence-corrected chi connectivity index (χ0v) is 13.2. The number of rotatable bonds is 5. The molecule has 0 aromatic carbocycles. The fourth-order valence-electron chi connectivity index (χ4n) is 3.10. The largest absolute Gasteiger partial charge is 0.465 e. The number of ether oxygens (including phenoxy) is 1. The Morgan fingerprint density at radius 3 is 2.67 bits per heavy atom. The Bertz CT molecular complexity index is 476. The molecule has 0 atom stereocenters. The Labute approximate surface area is 126 Å². The van der Waals surface area contributed by atoms with E-state index >= 15 is 0 Å². The van der Waals surface area contributed by atoms with Crippen LogP contribution in [0.1, 0.15) is 54.5 Å². The van der Waals surface area contributed by atoms with Gasteiger partial charge in [-0.3, -0.25) is 4.90 Å². The molecule has 1 aromatic rings. The van der Waals surface area contributed by atoms with E-state index in [2.05, 4.69) is 11.8 Å². The molecular formula is C16H26N2O3. The summed E-state index contributed by atoms with van der Waals surface area (Å²) < 4.78 is 10.5. The van der Waals surface area contributed by atoms with E-state index in [0.29, 0.717) is 23.4 Å². The summed E-state index contributed by atoms with van der Waals surface area (Å²) in [4.78, 5) is 14.0. The molecule has 0 amide bonds. The Kier molecular flexibility index (Phi) is 5.42. The number of furan rings is 1. The molecule has 0 unspecified atom stereocenters. The van der Waals surface area contributed by atoms with Crippen LogP contribution >= 0.6 is 0 Å². The van der Waals surface area contributed by atoms with Gasteiger partial charge >= 0.3 is 5.97 Å². The summed E-state index contributed by atoms with van der Waals surface area (Å²) in [6, 6.07) is 2.72. The van der Waals surface area contributed by atoms with Crippen LogP contribution in [0.25, 0.3) is 0 Å². The van der Waals surface area contributed by atoms with E-state index in [1.165, 1.54) is 7.11 Å². The molecule has 1 aliphatic carbocycles. The second kappa shape index (κ2) is 7.09. The molecule has 0 bridgehead atoms. The Morgan fingerprint density at radius 2 is 2.10 bits per heavy atom. The maximum Gasteiger partial charge on any atom is 0.341 e. The maximum absolute atomic E-state index is 11.6. The molecule has 1 heterocycles. The third-order valence-electron chi connectivity index (χ3n) is 4.40. The summed E-state index contributed by atoms with van der Waals surface area (Å²) in [6.07, 6.45) is 4.45. The van der Waals surface area contributed by atoms with Crippen molar-refractivity contribution < 1.29 is 13.9 Å². The van der Waals surface area contributed by atoms with Crippen LogP contribution in [0.2, 0.25) is 0 Å². The molecule has 0 radical (unpaired) electrons. The highest BCUT2D eigenvalue weighted by Gasteiger charge is 2.25. The summed E-state index contributed by atoms with van der Waals surface area (Å²) in [5, 5.41) is 0. The number of aryl methyl sites for hydroxylation is 1. The summed E-state index contributed by atoms with van der Waals surface area (Å²) in [7, 11) is 1.39. The number of methoxy groups -OCH3 is 1. The van der Waals surface area contributed by atoms with Gasteiger partial charge in [0.15, 0.2) is 0 Å². The van der Waals surface area contributed by atoms with E-state index in [9.17, 15) is 4.79 Å². The smallest absolute Gasteiger partial charge is 0.341 e. The number of hydrogen-bond donors (Lipinski definition) is 1.